The van der Waals surface area contributed by atoms with Crippen LogP contribution in [0.15, 0.2) is 83.3 Å². The van der Waals surface area contributed by atoms with Gasteiger partial charge < -0.3 is 14.6 Å². The maximum absolute atomic E-state index is 11.0. The molecule has 0 unspecified atom stereocenters. The van der Waals surface area contributed by atoms with Crippen molar-refractivity contribution in [2.45, 2.75) is 6.54 Å². The van der Waals surface area contributed by atoms with E-state index in [2.05, 4.69) is 15.9 Å². The van der Waals surface area contributed by atoms with Crippen LogP contribution in [0.25, 0.3) is 22.5 Å². The zero-order chi connectivity index (χ0) is 22.5. The van der Waals surface area contributed by atoms with Gasteiger partial charge in [-0.1, -0.05) is 58.4 Å². The minimum Gasteiger partial charge on any atom is -0.496 e. The topological polar surface area (TPSA) is 73.6 Å². The summed E-state index contributed by atoms with van der Waals surface area (Å²) in [4.78, 5) is 11.0. The van der Waals surface area contributed by atoms with E-state index in [0.29, 0.717) is 23.6 Å². The molecule has 32 heavy (non-hydrogen) atoms. The van der Waals surface area contributed by atoms with Crippen molar-refractivity contribution in [1.29, 1.82) is 0 Å². The third kappa shape index (κ3) is 4.84. The van der Waals surface area contributed by atoms with Crippen molar-refractivity contribution < 1.29 is 19.4 Å². The zero-order valence-corrected chi connectivity index (χ0v) is 19.0. The van der Waals surface area contributed by atoms with E-state index in [1.54, 1.807) is 13.2 Å². The number of hydrogen-bond acceptors (Lipinski definition) is 4. The Morgan fingerprint density at radius 1 is 0.969 bits per heavy atom. The van der Waals surface area contributed by atoms with Gasteiger partial charge in [-0.2, -0.15) is 5.10 Å². The van der Waals surface area contributed by atoms with E-state index in [0.717, 1.165) is 27.0 Å². The first-order valence-electron chi connectivity index (χ1n) is 9.95. The normalized spacial score (nSPS) is 10.7. The minimum atomic E-state index is -1.04. The van der Waals surface area contributed by atoms with Gasteiger partial charge in [-0.3, -0.25) is 4.68 Å². The van der Waals surface area contributed by atoms with Crippen LogP contribution in [-0.4, -0.2) is 34.6 Å². The van der Waals surface area contributed by atoms with E-state index < -0.39 is 12.6 Å². The van der Waals surface area contributed by atoms with Gasteiger partial charge in [0.15, 0.2) is 6.61 Å². The highest BCUT2D eigenvalue weighted by Gasteiger charge is 2.18. The Morgan fingerprint density at radius 3 is 2.47 bits per heavy atom. The Kier molecular flexibility index (Phi) is 6.56. The maximum atomic E-state index is 11.0. The van der Waals surface area contributed by atoms with Gasteiger partial charge >= 0.3 is 5.97 Å². The number of aromatic nitrogens is 2. The van der Waals surface area contributed by atoms with Gasteiger partial charge in [0.25, 0.3) is 0 Å². The SMILES string of the molecule is COc1ccccc1-c1cc(-c2cc(Br)ccc2OCC(=O)O)nn1Cc1ccccc1. The molecule has 162 valence electrons. The monoisotopic (exact) mass is 492 g/mol. The minimum absolute atomic E-state index is 0.432. The highest BCUT2D eigenvalue weighted by atomic mass is 79.9. The number of carboxylic acid groups (broad SMARTS) is 1. The number of benzene rings is 3. The molecule has 0 atom stereocenters. The molecule has 0 spiro atoms. The molecule has 1 N–H and O–H groups in total. The van der Waals surface area contributed by atoms with Gasteiger partial charge in [-0.15, -0.1) is 0 Å². The number of methoxy groups -OCH3 is 1. The van der Waals surface area contributed by atoms with Gasteiger partial charge in [0.2, 0.25) is 0 Å². The number of para-hydroxylation sites is 1. The maximum Gasteiger partial charge on any atom is 0.341 e. The number of rotatable bonds is 8. The molecule has 0 aliphatic heterocycles. The molecular weight excluding hydrogens is 472 g/mol. The molecule has 1 heterocycles. The number of carbonyl (C=O) groups is 1. The van der Waals surface area contributed by atoms with Crippen molar-refractivity contribution in [3.8, 4) is 34.0 Å². The van der Waals surface area contributed by atoms with Crippen LogP contribution in [0.3, 0.4) is 0 Å². The van der Waals surface area contributed by atoms with E-state index in [9.17, 15) is 4.79 Å². The van der Waals surface area contributed by atoms with Crippen LogP contribution in [-0.2, 0) is 11.3 Å². The average molecular weight is 493 g/mol. The second-order valence-corrected chi connectivity index (χ2v) is 8.00. The molecular formula is C25H21BrN2O4. The summed E-state index contributed by atoms with van der Waals surface area (Å²) in [5.74, 6) is 0.152. The van der Waals surface area contributed by atoms with Crippen LogP contribution in [0, 0.1) is 0 Å². The van der Waals surface area contributed by atoms with Crippen LogP contribution < -0.4 is 9.47 Å². The van der Waals surface area contributed by atoms with E-state index in [4.69, 9.17) is 19.7 Å². The number of aliphatic carboxylic acids is 1. The molecule has 0 aliphatic carbocycles. The third-order valence-corrected chi connectivity index (χ3v) is 5.40. The predicted molar refractivity (Wildman–Crippen MR) is 126 cm³/mol. The molecule has 0 saturated heterocycles. The summed E-state index contributed by atoms with van der Waals surface area (Å²) in [6, 6.07) is 25.2. The average Bonchev–Trinajstić information content (AvgIpc) is 3.22. The van der Waals surface area contributed by atoms with Crippen LogP contribution in [0.2, 0.25) is 0 Å². The number of ether oxygens (including phenoxy) is 2. The van der Waals surface area contributed by atoms with Crippen molar-refractivity contribution in [3.63, 3.8) is 0 Å². The van der Waals surface area contributed by atoms with E-state index in [1.807, 2.05) is 77.5 Å². The van der Waals surface area contributed by atoms with E-state index in [1.165, 1.54) is 0 Å². The molecule has 0 fully saturated rings. The molecule has 0 saturated carbocycles. The fraction of sp³-hybridized carbons (Fsp3) is 0.120. The molecule has 0 aliphatic rings. The summed E-state index contributed by atoms with van der Waals surface area (Å²) in [6.07, 6.45) is 0. The third-order valence-electron chi connectivity index (χ3n) is 4.91. The molecule has 4 aromatic rings. The van der Waals surface area contributed by atoms with Crippen molar-refractivity contribution in [1.82, 2.24) is 9.78 Å². The van der Waals surface area contributed by atoms with Crippen LogP contribution in [0.4, 0.5) is 0 Å². The Morgan fingerprint density at radius 2 is 1.72 bits per heavy atom. The van der Waals surface area contributed by atoms with Crippen molar-refractivity contribution >= 4 is 21.9 Å². The summed E-state index contributed by atoms with van der Waals surface area (Å²) < 4.78 is 13.9. The van der Waals surface area contributed by atoms with Crippen LogP contribution in [0.5, 0.6) is 11.5 Å². The standard InChI is InChI=1S/C25H21BrN2O4/c1-31-23-10-6-5-9-19(23)22-14-21(27-28(22)15-17-7-3-2-4-8-17)20-13-18(26)11-12-24(20)32-16-25(29)30/h2-14H,15-16H2,1H3,(H,29,30). The van der Waals surface area contributed by atoms with Crippen LogP contribution >= 0.6 is 15.9 Å². The largest absolute Gasteiger partial charge is 0.496 e. The lowest BCUT2D eigenvalue weighted by molar-refractivity contribution is -0.139. The first-order valence-corrected chi connectivity index (χ1v) is 10.7. The number of carboxylic acids is 1. The van der Waals surface area contributed by atoms with Gasteiger partial charge in [-0.05, 0) is 42.0 Å². The molecule has 7 heteroatoms. The quantitative estimate of drug-likeness (QED) is 0.351. The van der Waals surface area contributed by atoms with E-state index in [-0.39, 0.29) is 0 Å². The molecule has 3 aromatic carbocycles. The second kappa shape index (κ2) is 9.70. The predicted octanol–water partition coefficient (Wildman–Crippen LogP) is 5.50. The Bertz CT molecular complexity index is 1240. The summed E-state index contributed by atoms with van der Waals surface area (Å²) in [6.45, 7) is 0.131. The molecule has 0 bridgehead atoms. The van der Waals surface area contributed by atoms with Crippen LogP contribution in [0.1, 0.15) is 5.56 Å². The number of hydrogen-bond donors (Lipinski definition) is 1. The smallest absolute Gasteiger partial charge is 0.341 e. The highest BCUT2D eigenvalue weighted by Crippen LogP contribution is 2.37. The first-order chi connectivity index (χ1) is 15.5. The zero-order valence-electron chi connectivity index (χ0n) is 17.4. The van der Waals surface area contributed by atoms with Crippen molar-refractivity contribution in [3.05, 3.63) is 88.9 Å². The second-order valence-electron chi connectivity index (χ2n) is 7.08. The molecule has 0 radical (unpaired) electrons. The molecule has 0 amide bonds. The fourth-order valence-electron chi connectivity index (χ4n) is 3.47. The van der Waals surface area contributed by atoms with Crippen molar-refractivity contribution in [2.75, 3.05) is 13.7 Å². The lowest BCUT2D eigenvalue weighted by Gasteiger charge is -2.11. The Labute approximate surface area is 194 Å². The van der Waals surface area contributed by atoms with Gasteiger partial charge in [0.1, 0.15) is 11.5 Å². The molecule has 6 nitrogen and oxygen atoms in total. The molecule has 1 aromatic heterocycles. The van der Waals surface area contributed by atoms with Gasteiger partial charge in [-0.25, -0.2) is 4.79 Å². The Hall–Kier alpha value is -3.58. The fourth-order valence-corrected chi connectivity index (χ4v) is 3.83. The number of nitrogens with zero attached hydrogens (tertiary/aromatic N) is 2. The Balaban J connectivity index is 1.84. The summed E-state index contributed by atoms with van der Waals surface area (Å²) in [5.41, 5.74) is 4.26. The summed E-state index contributed by atoms with van der Waals surface area (Å²) in [7, 11) is 1.64. The molecule has 4 rings (SSSR count). The first kappa shape index (κ1) is 21.6. The summed E-state index contributed by atoms with van der Waals surface area (Å²) >= 11 is 3.49. The van der Waals surface area contributed by atoms with Gasteiger partial charge in [0.05, 0.1) is 25.0 Å². The number of halogens is 1. The summed E-state index contributed by atoms with van der Waals surface area (Å²) in [5, 5.41) is 13.9. The lowest BCUT2D eigenvalue weighted by Crippen LogP contribution is -2.10. The lowest BCUT2D eigenvalue weighted by atomic mass is 10.1. The van der Waals surface area contributed by atoms with Crippen molar-refractivity contribution in [2.24, 2.45) is 0 Å². The highest BCUT2D eigenvalue weighted by molar-refractivity contribution is 9.10. The van der Waals surface area contributed by atoms with E-state index >= 15 is 0 Å². The van der Waals surface area contributed by atoms with Gasteiger partial charge in [0, 0.05) is 15.6 Å².